The molecule has 0 spiro atoms. The number of anilines is 2. The van der Waals surface area contributed by atoms with E-state index in [1.54, 1.807) is 0 Å². The van der Waals surface area contributed by atoms with Crippen molar-refractivity contribution in [2.24, 2.45) is 0 Å². The number of hydrazine groups is 1. The first-order chi connectivity index (χ1) is 8.77. The van der Waals surface area contributed by atoms with Gasteiger partial charge in [0.25, 0.3) is 0 Å². The molecular weight excluding hydrogens is 222 g/mol. The number of hydrogen-bond donors (Lipinski definition) is 1. The smallest absolute Gasteiger partial charge is 0.0853 e. The fourth-order valence-electron chi connectivity index (χ4n) is 1.73. The van der Waals surface area contributed by atoms with Crippen LogP contribution in [0.15, 0.2) is 60.7 Å². The molecule has 2 aromatic rings. The lowest BCUT2D eigenvalue weighted by molar-refractivity contribution is 0.667. The predicted molar refractivity (Wildman–Crippen MR) is 77.7 cm³/mol. The summed E-state index contributed by atoms with van der Waals surface area (Å²) in [6.45, 7) is 0.759. The van der Waals surface area contributed by atoms with E-state index < -0.39 is 0 Å². The van der Waals surface area contributed by atoms with E-state index in [1.807, 2.05) is 48.5 Å². The maximum Gasteiger partial charge on any atom is 0.0853 e. The second-order valence-electron chi connectivity index (χ2n) is 4.24. The Morgan fingerprint density at radius 2 is 1.28 bits per heavy atom. The molecule has 0 saturated carbocycles. The average Bonchev–Trinajstić information content (AvgIpc) is 2.46. The van der Waals surface area contributed by atoms with Crippen molar-refractivity contribution in [3.63, 3.8) is 0 Å². The Labute approximate surface area is 109 Å². The topological polar surface area (TPSA) is 18.5 Å². The standard InChI is InChI=1S/C15H19N3/c1-17(14-9-5-3-6-10-14)13-16-18(2)15-11-7-4-8-12-15/h3-12,16H,13H2,1-2H3. The summed E-state index contributed by atoms with van der Waals surface area (Å²) in [5, 5.41) is 2.03. The molecule has 0 fully saturated rings. The first-order valence-electron chi connectivity index (χ1n) is 6.06. The molecule has 3 heteroatoms. The summed E-state index contributed by atoms with van der Waals surface area (Å²) in [6.07, 6.45) is 0. The fraction of sp³-hybridized carbons (Fsp3) is 0.200. The minimum absolute atomic E-state index is 0.759. The summed E-state index contributed by atoms with van der Waals surface area (Å²) in [4.78, 5) is 2.17. The van der Waals surface area contributed by atoms with Gasteiger partial charge in [-0.3, -0.25) is 0 Å². The van der Waals surface area contributed by atoms with Crippen LogP contribution in [0.2, 0.25) is 0 Å². The predicted octanol–water partition coefficient (Wildman–Crippen LogP) is 2.72. The molecule has 2 rings (SSSR count). The lowest BCUT2D eigenvalue weighted by atomic mass is 10.3. The molecule has 0 radical (unpaired) electrons. The largest absolute Gasteiger partial charge is 0.360 e. The molecule has 94 valence electrons. The van der Waals surface area contributed by atoms with E-state index in [9.17, 15) is 0 Å². The third kappa shape index (κ3) is 3.25. The van der Waals surface area contributed by atoms with Crippen molar-refractivity contribution >= 4 is 11.4 Å². The van der Waals surface area contributed by atoms with Gasteiger partial charge in [0.2, 0.25) is 0 Å². The summed E-state index contributed by atoms with van der Waals surface area (Å²) in [6, 6.07) is 20.6. The van der Waals surface area contributed by atoms with Crippen LogP contribution in [0.4, 0.5) is 11.4 Å². The van der Waals surface area contributed by atoms with E-state index in [1.165, 1.54) is 5.69 Å². The van der Waals surface area contributed by atoms with Crippen LogP contribution in [0.1, 0.15) is 0 Å². The molecule has 2 aromatic carbocycles. The van der Waals surface area contributed by atoms with Gasteiger partial charge in [0.1, 0.15) is 0 Å². The third-order valence-corrected chi connectivity index (χ3v) is 2.89. The highest BCUT2D eigenvalue weighted by molar-refractivity contribution is 5.46. The van der Waals surface area contributed by atoms with Crippen molar-refractivity contribution in [2.75, 3.05) is 30.7 Å². The SMILES string of the molecule is CN(CNN(C)c1ccccc1)c1ccccc1. The Bertz CT molecular complexity index is 410. The van der Waals surface area contributed by atoms with E-state index >= 15 is 0 Å². The maximum atomic E-state index is 3.36. The highest BCUT2D eigenvalue weighted by Gasteiger charge is 2.02. The Balaban J connectivity index is 1.89. The van der Waals surface area contributed by atoms with Crippen molar-refractivity contribution < 1.29 is 0 Å². The highest BCUT2D eigenvalue weighted by atomic mass is 15.5. The number of hydrogen-bond acceptors (Lipinski definition) is 3. The lowest BCUT2D eigenvalue weighted by Crippen LogP contribution is -2.41. The van der Waals surface area contributed by atoms with Gasteiger partial charge in [-0.05, 0) is 24.3 Å². The average molecular weight is 241 g/mol. The van der Waals surface area contributed by atoms with Crippen LogP contribution in [0, 0.1) is 0 Å². The summed E-state index contributed by atoms with van der Waals surface area (Å²) in [5.74, 6) is 0. The minimum Gasteiger partial charge on any atom is -0.360 e. The van der Waals surface area contributed by atoms with Gasteiger partial charge in [-0.2, -0.15) is 0 Å². The van der Waals surface area contributed by atoms with Crippen molar-refractivity contribution in [1.82, 2.24) is 5.43 Å². The quantitative estimate of drug-likeness (QED) is 0.641. The normalized spacial score (nSPS) is 10.1. The van der Waals surface area contributed by atoms with Gasteiger partial charge in [-0.1, -0.05) is 36.4 Å². The van der Waals surface area contributed by atoms with Crippen LogP contribution < -0.4 is 15.3 Å². The zero-order chi connectivity index (χ0) is 12.8. The summed E-state index contributed by atoms with van der Waals surface area (Å²) in [5.41, 5.74) is 5.71. The maximum absolute atomic E-state index is 3.36. The van der Waals surface area contributed by atoms with Crippen molar-refractivity contribution in [3.05, 3.63) is 60.7 Å². The third-order valence-electron chi connectivity index (χ3n) is 2.89. The Morgan fingerprint density at radius 3 is 1.83 bits per heavy atom. The van der Waals surface area contributed by atoms with Gasteiger partial charge in [0, 0.05) is 19.8 Å². The zero-order valence-electron chi connectivity index (χ0n) is 10.9. The van der Waals surface area contributed by atoms with Gasteiger partial charge in [-0.15, -0.1) is 0 Å². The molecular formula is C15H19N3. The van der Waals surface area contributed by atoms with E-state index in [0.29, 0.717) is 0 Å². The lowest BCUT2D eigenvalue weighted by Gasteiger charge is -2.26. The van der Waals surface area contributed by atoms with Gasteiger partial charge in [0.05, 0.1) is 12.4 Å². The molecule has 0 heterocycles. The van der Waals surface area contributed by atoms with Gasteiger partial charge in [0.15, 0.2) is 0 Å². The number of nitrogens with zero attached hydrogens (tertiary/aromatic N) is 2. The van der Waals surface area contributed by atoms with Crippen LogP contribution >= 0.6 is 0 Å². The monoisotopic (exact) mass is 241 g/mol. The fourth-order valence-corrected chi connectivity index (χ4v) is 1.73. The molecule has 0 aromatic heterocycles. The highest BCUT2D eigenvalue weighted by Crippen LogP contribution is 2.11. The van der Waals surface area contributed by atoms with Gasteiger partial charge in [-0.25, -0.2) is 5.43 Å². The molecule has 0 amide bonds. The van der Waals surface area contributed by atoms with Crippen LogP contribution in [-0.4, -0.2) is 20.8 Å². The molecule has 0 unspecified atom stereocenters. The van der Waals surface area contributed by atoms with E-state index in [2.05, 4.69) is 41.6 Å². The van der Waals surface area contributed by atoms with Crippen LogP contribution in [0.25, 0.3) is 0 Å². The minimum atomic E-state index is 0.759. The molecule has 0 aliphatic heterocycles. The molecule has 0 aliphatic rings. The van der Waals surface area contributed by atoms with Crippen molar-refractivity contribution in [2.45, 2.75) is 0 Å². The Morgan fingerprint density at radius 1 is 0.778 bits per heavy atom. The van der Waals surface area contributed by atoms with Gasteiger partial charge < -0.3 is 9.91 Å². The number of benzene rings is 2. The molecule has 0 saturated heterocycles. The second kappa shape index (κ2) is 6.07. The van der Waals surface area contributed by atoms with Crippen LogP contribution in [-0.2, 0) is 0 Å². The number of nitrogens with one attached hydrogen (secondary N) is 1. The Kier molecular flexibility index (Phi) is 4.20. The summed E-state index contributed by atoms with van der Waals surface area (Å²) < 4.78 is 0. The molecule has 1 N–H and O–H groups in total. The molecule has 0 atom stereocenters. The molecule has 18 heavy (non-hydrogen) atoms. The number of rotatable bonds is 5. The molecule has 3 nitrogen and oxygen atoms in total. The van der Waals surface area contributed by atoms with E-state index in [4.69, 9.17) is 0 Å². The summed E-state index contributed by atoms with van der Waals surface area (Å²) >= 11 is 0. The first kappa shape index (κ1) is 12.5. The Hall–Kier alpha value is -2.00. The van der Waals surface area contributed by atoms with Crippen molar-refractivity contribution in [3.8, 4) is 0 Å². The van der Waals surface area contributed by atoms with Crippen LogP contribution in [0.3, 0.4) is 0 Å². The first-order valence-corrected chi connectivity index (χ1v) is 6.06. The van der Waals surface area contributed by atoms with E-state index in [0.717, 1.165) is 12.4 Å². The molecule has 0 bridgehead atoms. The zero-order valence-corrected chi connectivity index (χ0v) is 10.9. The molecule has 0 aliphatic carbocycles. The summed E-state index contributed by atoms with van der Waals surface area (Å²) in [7, 11) is 4.09. The van der Waals surface area contributed by atoms with Gasteiger partial charge >= 0.3 is 0 Å². The second-order valence-corrected chi connectivity index (χ2v) is 4.24. The van der Waals surface area contributed by atoms with Crippen LogP contribution in [0.5, 0.6) is 0 Å². The number of para-hydroxylation sites is 2. The van der Waals surface area contributed by atoms with E-state index in [-0.39, 0.29) is 0 Å². The van der Waals surface area contributed by atoms with Crippen molar-refractivity contribution in [1.29, 1.82) is 0 Å².